The van der Waals surface area contributed by atoms with Gasteiger partial charge in [-0.15, -0.1) is 0 Å². The highest BCUT2D eigenvalue weighted by Crippen LogP contribution is 2.23. The third-order valence-corrected chi connectivity index (χ3v) is 3.98. The SMILES string of the molecule is COc1ccc(NC(=O)c2cccnc2Nc2cccc(Br)c2)cc1. The fourth-order valence-corrected chi connectivity index (χ4v) is 2.66. The Balaban J connectivity index is 1.80. The second kappa shape index (κ2) is 7.81. The smallest absolute Gasteiger partial charge is 0.259 e. The molecule has 6 heteroatoms. The zero-order valence-corrected chi connectivity index (χ0v) is 15.1. The van der Waals surface area contributed by atoms with Crippen molar-refractivity contribution in [3.05, 3.63) is 76.9 Å². The first-order valence-electron chi connectivity index (χ1n) is 7.59. The highest BCUT2D eigenvalue weighted by Gasteiger charge is 2.13. The van der Waals surface area contributed by atoms with E-state index in [1.165, 1.54) is 0 Å². The topological polar surface area (TPSA) is 63.2 Å². The second-order valence-electron chi connectivity index (χ2n) is 5.22. The number of methoxy groups -OCH3 is 1. The zero-order valence-electron chi connectivity index (χ0n) is 13.5. The molecule has 3 rings (SSSR count). The largest absolute Gasteiger partial charge is 0.497 e. The van der Waals surface area contributed by atoms with Crippen LogP contribution in [0.15, 0.2) is 71.3 Å². The predicted molar refractivity (Wildman–Crippen MR) is 103 cm³/mol. The van der Waals surface area contributed by atoms with Gasteiger partial charge in [0.2, 0.25) is 0 Å². The number of benzene rings is 2. The molecule has 0 saturated carbocycles. The van der Waals surface area contributed by atoms with Crippen molar-refractivity contribution in [2.24, 2.45) is 0 Å². The Morgan fingerprint density at radius 1 is 1.04 bits per heavy atom. The Bertz CT molecular complexity index is 882. The number of hydrogen-bond acceptors (Lipinski definition) is 4. The van der Waals surface area contributed by atoms with Gasteiger partial charge >= 0.3 is 0 Å². The third kappa shape index (κ3) is 4.36. The maximum Gasteiger partial charge on any atom is 0.259 e. The van der Waals surface area contributed by atoms with E-state index in [1.54, 1.807) is 49.7 Å². The van der Waals surface area contributed by atoms with Crippen LogP contribution in [0.4, 0.5) is 17.2 Å². The molecule has 126 valence electrons. The fourth-order valence-electron chi connectivity index (χ4n) is 2.26. The molecule has 25 heavy (non-hydrogen) atoms. The number of ether oxygens (including phenoxy) is 1. The lowest BCUT2D eigenvalue weighted by Crippen LogP contribution is -2.14. The molecule has 0 bridgehead atoms. The molecule has 0 radical (unpaired) electrons. The van der Waals surface area contributed by atoms with Gasteiger partial charge in [-0.3, -0.25) is 4.79 Å². The minimum atomic E-state index is -0.240. The highest BCUT2D eigenvalue weighted by molar-refractivity contribution is 9.10. The number of carbonyl (C=O) groups is 1. The number of carbonyl (C=O) groups excluding carboxylic acids is 1. The molecule has 3 aromatic rings. The van der Waals surface area contributed by atoms with Crippen molar-refractivity contribution >= 4 is 39.0 Å². The van der Waals surface area contributed by atoms with Crippen LogP contribution in [-0.4, -0.2) is 18.0 Å². The molecule has 2 aromatic carbocycles. The van der Waals surface area contributed by atoms with E-state index in [9.17, 15) is 4.79 Å². The predicted octanol–water partition coefficient (Wildman–Crippen LogP) is 4.85. The quantitative estimate of drug-likeness (QED) is 0.645. The van der Waals surface area contributed by atoms with Gasteiger partial charge in [0, 0.05) is 22.0 Å². The van der Waals surface area contributed by atoms with Gasteiger partial charge in [-0.05, 0) is 54.6 Å². The molecular weight excluding hydrogens is 382 g/mol. The molecule has 5 nitrogen and oxygen atoms in total. The van der Waals surface area contributed by atoms with Crippen LogP contribution >= 0.6 is 15.9 Å². The van der Waals surface area contributed by atoms with Crippen LogP contribution in [0.1, 0.15) is 10.4 Å². The molecule has 1 aromatic heterocycles. The number of halogens is 1. The van der Waals surface area contributed by atoms with Crippen LogP contribution < -0.4 is 15.4 Å². The Morgan fingerprint density at radius 3 is 2.56 bits per heavy atom. The van der Waals surface area contributed by atoms with E-state index in [1.807, 2.05) is 24.3 Å². The lowest BCUT2D eigenvalue weighted by molar-refractivity contribution is 0.102. The van der Waals surface area contributed by atoms with Gasteiger partial charge in [0.05, 0.1) is 12.7 Å². The minimum Gasteiger partial charge on any atom is -0.497 e. The van der Waals surface area contributed by atoms with E-state index >= 15 is 0 Å². The number of rotatable bonds is 5. The lowest BCUT2D eigenvalue weighted by Gasteiger charge is -2.12. The number of nitrogens with one attached hydrogen (secondary N) is 2. The number of nitrogens with zero attached hydrogens (tertiary/aromatic N) is 1. The average molecular weight is 398 g/mol. The summed E-state index contributed by atoms with van der Waals surface area (Å²) < 4.78 is 6.06. The van der Waals surface area contributed by atoms with Crippen molar-refractivity contribution in [2.45, 2.75) is 0 Å². The van der Waals surface area contributed by atoms with Crippen molar-refractivity contribution in [1.29, 1.82) is 0 Å². The summed E-state index contributed by atoms with van der Waals surface area (Å²) in [4.78, 5) is 16.9. The Hall–Kier alpha value is -2.86. The van der Waals surface area contributed by atoms with E-state index < -0.39 is 0 Å². The van der Waals surface area contributed by atoms with Gasteiger partial charge < -0.3 is 15.4 Å². The summed E-state index contributed by atoms with van der Waals surface area (Å²) in [6, 6.07) is 18.3. The van der Waals surface area contributed by atoms with Crippen LogP contribution in [-0.2, 0) is 0 Å². The summed E-state index contributed by atoms with van der Waals surface area (Å²) in [7, 11) is 1.60. The van der Waals surface area contributed by atoms with E-state index in [2.05, 4.69) is 31.5 Å². The molecule has 0 aliphatic rings. The zero-order chi connectivity index (χ0) is 17.6. The van der Waals surface area contributed by atoms with Gasteiger partial charge in [0.1, 0.15) is 11.6 Å². The Morgan fingerprint density at radius 2 is 1.84 bits per heavy atom. The summed E-state index contributed by atoms with van der Waals surface area (Å²) in [6.45, 7) is 0. The molecule has 2 N–H and O–H groups in total. The maximum absolute atomic E-state index is 12.6. The Labute approximate surface area is 154 Å². The van der Waals surface area contributed by atoms with Crippen molar-refractivity contribution in [3.8, 4) is 5.75 Å². The number of pyridine rings is 1. The van der Waals surface area contributed by atoms with Crippen LogP contribution in [0.3, 0.4) is 0 Å². The number of anilines is 3. The average Bonchev–Trinajstić information content (AvgIpc) is 2.63. The van der Waals surface area contributed by atoms with Crippen molar-refractivity contribution in [1.82, 2.24) is 4.98 Å². The van der Waals surface area contributed by atoms with Crippen LogP contribution in [0.2, 0.25) is 0 Å². The molecule has 0 saturated heterocycles. The lowest BCUT2D eigenvalue weighted by atomic mass is 10.2. The molecule has 0 spiro atoms. The Kier molecular flexibility index (Phi) is 5.30. The summed E-state index contributed by atoms with van der Waals surface area (Å²) in [5, 5.41) is 6.04. The maximum atomic E-state index is 12.6. The van der Waals surface area contributed by atoms with E-state index in [0.717, 1.165) is 15.9 Å². The van der Waals surface area contributed by atoms with Crippen LogP contribution in [0.25, 0.3) is 0 Å². The van der Waals surface area contributed by atoms with Crippen molar-refractivity contribution in [2.75, 3.05) is 17.7 Å². The number of amides is 1. The molecule has 0 aliphatic carbocycles. The molecule has 0 fully saturated rings. The molecule has 1 heterocycles. The van der Waals surface area contributed by atoms with Gasteiger partial charge in [-0.25, -0.2) is 4.98 Å². The first-order valence-corrected chi connectivity index (χ1v) is 8.38. The summed E-state index contributed by atoms with van der Waals surface area (Å²) in [5.41, 5.74) is 1.98. The first-order chi connectivity index (χ1) is 12.2. The summed E-state index contributed by atoms with van der Waals surface area (Å²) in [5.74, 6) is 0.985. The normalized spacial score (nSPS) is 10.2. The van der Waals surface area contributed by atoms with Crippen LogP contribution in [0.5, 0.6) is 5.75 Å². The standard InChI is InChI=1S/C19H16BrN3O2/c1-25-16-9-7-14(8-10-16)23-19(24)17-6-3-11-21-18(17)22-15-5-2-4-13(20)12-15/h2-12H,1H3,(H,21,22)(H,23,24). The summed E-state index contributed by atoms with van der Waals surface area (Å²) >= 11 is 3.43. The molecule has 0 atom stereocenters. The highest BCUT2D eigenvalue weighted by atomic mass is 79.9. The molecule has 1 amide bonds. The van der Waals surface area contributed by atoms with Crippen LogP contribution in [0, 0.1) is 0 Å². The van der Waals surface area contributed by atoms with Gasteiger partial charge in [-0.1, -0.05) is 22.0 Å². The van der Waals surface area contributed by atoms with E-state index in [-0.39, 0.29) is 5.91 Å². The fraction of sp³-hybridized carbons (Fsp3) is 0.0526. The monoisotopic (exact) mass is 397 g/mol. The van der Waals surface area contributed by atoms with Gasteiger partial charge in [0.15, 0.2) is 0 Å². The number of aromatic nitrogens is 1. The molecule has 0 unspecified atom stereocenters. The first kappa shape index (κ1) is 17.0. The third-order valence-electron chi connectivity index (χ3n) is 3.49. The molecular formula is C19H16BrN3O2. The van der Waals surface area contributed by atoms with Crippen molar-refractivity contribution < 1.29 is 9.53 Å². The molecule has 0 aliphatic heterocycles. The van der Waals surface area contributed by atoms with E-state index in [0.29, 0.717) is 17.1 Å². The summed E-state index contributed by atoms with van der Waals surface area (Å²) in [6.07, 6.45) is 1.64. The minimum absolute atomic E-state index is 0.240. The van der Waals surface area contributed by atoms with Gasteiger partial charge in [0.25, 0.3) is 5.91 Å². The van der Waals surface area contributed by atoms with Crippen molar-refractivity contribution in [3.63, 3.8) is 0 Å². The number of hydrogen-bond donors (Lipinski definition) is 2. The second-order valence-corrected chi connectivity index (χ2v) is 6.13. The van der Waals surface area contributed by atoms with E-state index in [4.69, 9.17) is 4.74 Å². The van der Waals surface area contributed by atoms with Gasteiger partial charge in [-0.2, -0.15) is 0 Å².